The van der Waals surface area contributed by atoms with Gasteiger partial charge < -0.3 is 15.5 Å². The van der Waals surface area contributed by atoms with Crippen molar-refractivity contribution in [2.75, 3.05) is 26.7 Å². The van der Waals surface area contributed by atoms with E-state index in [1.807, 2.05) is 7.05 Å². The third kappa shape index (κ3) is 5.70. The molecular formula is C16H34N4. The summed E-state index contributed by atoms with van der Waals surface area (Å²) in [6.45, 7) is 14.7. The molecule has 4 heteroatoms. The summed E-state index contributed by atoms with van der Waals surface area (Å²) in [5, 5.41) is 6.96. The Morgan fingerprint density at radius 1 is 1.25 bits per heavy atom. The Hall–Kier alpha value is -0.770. The Labute approximate surface area is 125 Å². The Bertz CT molecular complexity index is 299. The molecule has 0 aromatic heterocycles. The first kappa shape index (κ1) is 17.3. The highest BCUT2D eigenvalue weighted by molar-refractivity contribution is 5.79. The molecule has 118 valence electrons. The fourth-order valence-corrected chi connectivity index (χ4v) is 2.55. The van der Waals surface area contributed by atoms with Gasteiger partial charge in [0.25, 0.3) is 0 Å². The van der Waals surface area contributed by atoms with Crippen molar-refractivity contribution in [2.45, 2.75) is 59.5 Å². The van der Waals surface area contributed by atoms with Crippen molar-refractivity contribution in [2.24, 2.45) is 16.8 Å². The number of nitrogens with zero attached hydrogens (tertiary/aromatic N) is 2. The summed E-state index contributed by atoms with van der Waals surface area (Å²) < 4.78 is 0. The zero-order valence-electron chi connectivity index (χ0n) is 14.2. The van der Waals surface area contributed by atoms with Crippen molar-refractivity contribution in [3.05, 3.63) is 0 Å². The summed E-state index contributed by atoms with van der Waals surface area (Å²) in [5.41, 5.74) is 0. The lowest BCUT2D eigenvalue weighted by Crippen LogP contribution is -2.48. The van der Waals surface area contributed by atoms with Gasteiger partial charge in [-0.3, -0.25) is 4.99 Å². The van der Waals surface area contributed by atoms with E-state index in [1.165, 1.54) is 25.9 Å². The van der Waals surface area contributed by atoms with E-state index in [0.29, 0.717) is 18.0 Å². The van der Waals surface area contributed by atoms with E-state index in [-0.39, 0.29) is 0 Å². The van der Waals surface area contributed by atoms with Crippen LogP contribution in [0.1, 0.15) is 47.5 Å². The lowest BCUT2D eigenvalue weighted by molar-refractivity contribution is 0.141. The smallest absolute Gasteiger partial charge is 0.191 e. The number of rotatable bonds is 5. The monoisotopic (exact) mass is 282 g/mol. The van der Waals surface area contributed by atoms with Gasteiger partial charge in [-0.05, 0) is 52.0 Å². The Kier molecular flexibility index (Phi) is 7.35. The van der Waals surface area contributed by atoms with Crippen LogP contribution in [0.3, 0.4) is 0 Å². The zero-order valence-corrected chi connectivity index (χ0v) is 14.2. The minimum Gasteiger partial charge on any atom is -0.356 e. The number of guanidine groups is 1. The van der Waals surface area contributed by atoms with Crippen LogP contribution in [0.5, 0.6) is 0 Å². The highest BCUT2D eigenvalue weighted by Gasteiger charge is 2.21. The third-order valence-electron chi connectivity index (χ3n) is 4.43. The quantitative estimate of drug-likeness (QED) is 0.600. The molecule has 0 aromatic carbocycles. The van der Waals surface area contributed by atoms with Gasteiger partial charge in [0.1, 0.15) is 0 Å². The topological polar surface area (TPSA) is 39.7 Å². The molecule has 1 aliphatic heterocycles. The van der Waals surface area contributed by atoms with Crippen LogP contribution in [0, 0.1) is 11.8 Å². The van der Waals surface area contributed by atoms with Gasteiger partial charge in [0.05, 0.1) is 0 Å². The van der Waals surface area contributed by atoms with Crippen LogP contribution in [-0.2, 0) is 0 Å². The molecule has 0 amide bonds. The van der Waals surface area contributed by atoms with E-state index in [4.69, 9.17) is 0 Å². The number of aliphatic imine (C=N–C) groups is 1. The highest BCUT2D eigenvalue weighted by atomic mass is 15.2. The molecule has 1 aliphatic rings. The van der Waals surface area contributed by atoms with E-state index >= 15 is 0 Å². The minimum absolute atomic E-state index is 0.444. The van der Waals surface area contributed by atoms with E-state index < -0.39 is 0 Å². The zero-order chi connectivity index (χ0) is 15.1. The number of hydrogen-bond acceptors (Lipinski definition) is 2. The molecule has 0 aromatic rings. The number of hydrogen-bond donors (Lipinski definition) is 2. The maximum Gasteiger partial charge on any atom is 0.191 e. The lowest BCUT2D eigenvalue weighted by atomic mass is 9.97. The van der Waals surface area contributed by atoms with Crippen molar-refractivity contribution in [3.8, 4) is 0 Å². The van der Waals surface area contributed by atoms with E-state index in [1.54, 1.807) is 0 Å². The van der Waals surface area contributed by atoms with Gasteiger partial charge in [0.2, 0.25) is 0 Å². The van der Waals surface area contributed by atoms with Crippen LogP contribution in [0.4, 0.5) is 0 Å². The van der Waals surface area contributed by atoms with Gasteiger partial charge in [0, 0.05) is 32.2 Å². The second kappa shape index (κ2) is 8.50. The summed E-state index contributed by atoms with van der Waals surface area (Å²) in [7, 11) is 1.85. The van der Waals surface area contributed by atoms with Gasteiger partial charge in [-0.15, -0.1) is 0 Å². The highest BCUT2D eigenvalue weighted by Crippen LogP contribution is 2.17. The summed E-state index contributed by atoms with van der Waals surface area (Å²) in [5.74, 6) is 2.28. The van der Waals surface area contributed by atoms with Gasteiger partial charge in [0.15, 0.2) is 5.96 Å². The largest absolute Gasteiger partial charge is 0.356 e. The van der Waals surface area contributed by atoms with Crippen LogP contribution < -0.4 is 10.6 Å². The molecule has 1 rings (SSSR count). The second-order valence-electron chi connectivity index (χ2n) is 6.73. The van der Waals surface area contributed by atoms with Crippen molar-refractivity contribution in [1.82, 2.24) is 15.5 Å². The number of piperidine rings is 1. The molecule has 1 heterocycles. The SMILES string of the molecule is CN=C(NCC1CCCN(C(C)C)C1)NC(C)C(C)C. The van der Waals surface area contributed by atoms with E-state index in [2.05, 4.69) is 55.1 Å². The maximum absolute atomic E-state index is 4.33. The standard InChI is InChI=1S/C16H34N4/c1-12(2)14(5)19-16(17-6)18-10-15-8-7-9-20(11-15)13(3)4/h12-15H,7-11H2,1-6H3,(H2,17,18,19). The lowest BCUT2D eigenvalue weighted by Gasteiger charge is -2.35. The predicted molar refractivity (Wildman–Crippen MR) is 88.2 cm³/mol. The molecular weight excluding hydrogens is 248 g/mol. The normalized spacial score (nSPS) is 23.2. The maximum atomic E-state index is 4.33. The summed E-state index contributed by atoms with van der Waals surface area (Å²) in [6, 6.07) is 1.11. The molecule has 0 spiro atoms. The molecule has 2 atom stereocenters. The summed E-state index contributed by atoms with van der Waals surface area (Å²) >= 11 is 0. The van der Waals surface area contributed by atoms with Crippen LogP contribution >= 0.6 is 0 Å². The number of nitrogens with one attached hydrogen (secondary N) is 2. The summed E-state index contributed by atoms with van der Waals surface area (Å²) in [4.78, 5) is 6.92. The minimum atomic E-state index is 0.444. The Morgan fingerprint density at radius 3 is 2.50 bits per heavy atom. The number of likely N-dealkylation sites (tertiary alicyclic amines) is 1. The Balaban J connectivity index is 2.37. The molecule has 0 radical (unpaired) electrons. The van der Waals surface area contributed by atoms with Crippen molar-refractivity contribution in [1.29, 1.82) is 0 Å². The first-order valence-electron chi connectivity index (χ1n) is 8.15. The van der Waals surface area contributed by atoms with E-state index in [0.717, 1.165) is 18.4 Å². The fraction of sp³-hybridized carbons (Fsp3) is 0.938. The second-order valence-corrected chi connectivity index (χ2v) is 6.73. The molecule has 1 saturated heterocycles. The van der Waals surface area contributed by atoms with Crippen molar-refractivity contribution < 1.29 is 0 Å². The van der Waals surface area contributed by atoms with Crippen molar-refractivity contribution in [3.63, 3.8) is 0 Å². The van der Waals surface area contributed by atoms with Crippen LogP contribution in [-0.4, -0.2) is 49.6 Å². The van der Waals surface area contributed by atoms with Crippen LogP contribution in [0.15, 0.2) is 4.99 Å². The molecule has 0 saturated carbocycles. The fourth-order valence-electron chi connectivity index (χ4n) is 2.55. The first-order valence-corrected chi connectivity index (χ1v) is 8.15. The predicted octanol–water partition coefficient (Wildman–Crippen LogP) is 2.32. The first-order chi connectivity index (χ1) is 9.43. The van der Waals surface area contributed by atoms with Gasteiger partial charge in [-0.2, -0.15) is 0 Å². The average Bonchev–Trinajstić information content (AvgIpc) is 2.43. The van der Waals surface area contributed by atoms with Crippen molar-refractivity contribution >= 4 is 5.96 Å². The molecule has 0 bridgehead atoms. The molecule has 1 fully saturated rings. The van der Waals surface area contributed by atoms with Crippen LogP contribution in [0.2, 0.25) is 0 Å². The molecule has 2 unspecified atom stereocenters. The Morgan fingerprint density at radius 2 is 1.95 bits per heavy atom. The van der Waals surface area contributed by atoms with Gasteiger partial charge >= 0.3 is 0 Å². The molecule has 4 nitrogen and oxygen atoms in total. The van der Waals surface area contributed by atoms with E-state index in [9.17, 15) is 0 Å². The average molecular weight is 282 g/mol. The summed E-state index contributed by atoms with van der Waals surface area (Å²) in [6.07, 6.45) is 2.64. The van der Waals surface area contributed by atoms with Gasteiger partial charge in [-0.1, -0.05) is 13.8 Å². The molecule has 2 N–H and O–H groups in total. The molecule has 0 aliphatic carbocycles. The van der Waals surface area contributed by atoms with Gasteiger partial charge in [-0.25, -0.2) is 0 Å². The third-order valence-corrected chi connectivity index (χ3v) is 4.43. The van der Waals surface area contributed by atoms with Crippen LogP contribution in [0.25, 0.3) is 0 Å². The molecule has 20 heavy (non-hydrogen) atoms.